The topological polar surface area (TPSA) is 73.1 Å². The average molecular weight is 278 g/mol. The Hall–Kier alpha value is -1.61. The molecule has 0 saturated carbocycles. The molecule has 2 aromatic heterocycles. The van der Waals surface area contributed by atoms with E-state index < -0.39 is 12.8 Å². The fourth-order valence-corrected chi connectivity index (χ4v) is 2.21. The van der Waals surface area contributed by atoms with Crippen LogP contribution in [0.1, 0.15) is 4.88 Å². The highest BCUT2D eigenvalue weighted by molar-refractivity contribution is 7.18. The Morgan fingerprint density at radius 2 is 2.17 bits per heavy atom. The number of nitrogen functional groups attached to an aromatic ring is 1. The first-order valence-corrected chi connectivity index (χ1v) is 5.65. The van der Waals surface area contributed by atoms with E-state index in [1.54, 1.807) is 6.07 Å². The molecule has 0 aliphatic rings. The Balaban J connectivity index is 2.40. The lowest BCUT2D eigenvalue weighted by Gasteiger charge is -2.09. The molecule has 3 N–H and O–H groups in total. The second-order valence-corrected chi connectivity index (χ2v) is 4.71. The molecule has 0 fully saturated rings. The normalized spacial score (nSPS) is 11.8. The third-order valence-corrected chi connectivity index (χ3v) is 2.93. The number of nitrogens with zero attached hydrogens (tertiary/aromatic N) is 2. The Morgan fingerprint density at radius 3 is 2.78 bits per heavy atom. The SMILES string of the molecule is Cc1cc2c(OCC(F)(F)F)nc(NN)nc2s1. The van der Waals surface area contributed by atoms with Crippen molar-refractivity contribution < 1.29 is 17.9 Å². The number of halogens is 3. The number of hydrogen-bond donors (Lipinski definition) is 2. The number of aromatic nitrogens is 2. The molecule has 0 atom stereocenters. The number of ether oxygens (including phenoxy) is 1. The summed E-state index contributed by atoms with van der Waals surface area (Å²) in [6, 6.07) is 1.67. The van der Waals surface area contributed by atoms with E-state index in [-0.39, 0.29) is 11.8 Å². The molecule has 9 heteroatoms. The first-order valence-electron chi connectivity index (χ1n) is 4.83. The minimum atomic E-state index is -4.42. The third kappa shape index (κ3) is 2.79. The number of fused-ring (bicyclic) bond motifs is 1. The standard InChI is InChI=1S/C9H9F3N4OS/c1-4-2-5-6(17-3-9(10,11)12)14-8(16-13)15-7(5)18-4/h2H,3,13H2,1H3,(H,14,15,16). The van der Waals surface area contributed by atoms with Gasteiger partial charge in [0.05, 0.1) is 5.39 Å². The van der Waals surface area contributed by atoms with Gasteiger partial charge in [0, 0.05) is 4.88 Å². The summed E-state index contributed by atoms with van der Waals surface area (Å²) in [5, 5.41) is 0.445. The van der Waals surface area contributed by atoms with Gasteiger partial charge in [-0.3, -0.25) is 5.43 Å². The van der Waals surface area contributed by atoms with E-state index in [1.165, 1.54) is 11.3 Å². The first kappa shape index (κ1) is 12.8. The largest absolute Gasteiger partial charge is 0.467 e. The Kier molecular flexibility index (Phi) is 3.26. The molecular weight excluding hydrogens is 269 g/mol. The van der Waals surface area contributed by atoms with Gasteiger partial charge in [-0.05, 0) is 13.0 Å². The maximum atomic E-state index is 12.1. The highest BCUT2D eigenvalue weighted by atomic mass is 32.1. The molecular formula is C9H9F3N4OS. The van der Waals surface area contributed by atoms with Crippen LogP contribution >= 0.6 is 11.3 Å². The van der Waals surface area contributed by atoms with Crippen molar-refractivity contribution in [1.29, 1.82) is 0 Å². The van der Waals surface area contributed by atoms with Crippen LogP contribution in [0.15, 0.2) is 6.07 Å². The van der Waals surface area contributed by atoms with Gasteiger partial charge in [-0.25, -0.2) is 10.8 Å². The van der Waals surface area contributed by atoms with Crippen molar-refractivity contribution in [3.63, 3.8) is 0 Å². The second kappa shape index (κ2) is 4.58. The highest BCUT2D eigenvalue weighted by Gasteiger charge is 2.29. The second-order valence-electron chi connectivity index (χ2n) is 3.48. The van der Waals surface area contributed by atoms with Gasteiger partial charge in [-0.15, -0.1) is 11.3 Å². The van der Waals surface area contributed by atoms with Crippen molar-refractivity contribution in [3.8, 4) is 5.88 Å². The summed E-state index contributed by atoms with van der Waals surface area (Å²) in [4.78, 5) is 9.22. The average Bonchev–Trinajstić information content (AvgIpc) is 2.64. The lowest BCUT2D eigenvalue weighted by atomic mass is 10.3. The summed E-state index contributed by atoms with van der Waals surface area (Å²) < 4.78 is 41.0. The number of nitrogens with one attached hydrogen (secondary N) is 1. The number of nitrogens with two attached hydrogens (primary N) is 1. The molecule has 0 radical (unpaired) electrons. The summed E-state index contributed by atoms with van der Waals surface area (Å²) in [6.07, 6.45) is -4.42. The van der Waals surface area contributed by atoms with Crippen molar-refractivity contribution in [3.05, 3.63) is 10.9 Å². The Labute approximate surface area is 104 Å². The number of rotatable bonds is 3. The quantitative estimate of drug-likeness (QED) is 0.665. The molecule has 0 spiro atoms. The van der Waals surface area contributed by atoms with E-state index in [2.05, 4.69) is 20.1 Å². The Bertz CT molecular complexity index is 569. The summed E-state index contributed by atoms with van der Waals surface area (Å²) >= 11 is 1.32. The maximum absolute atomic E-state index is 12.1. The smallest absolute Gasteiger partial charge is 0.422 e. The monoisotopic (exact) mass is 278 g/mol. The fraction of sp³-hybridized carbons (Fsp3) is 0.333. The highest BCUT2D eigenvalue weighted by Crippen LogP contribution is 2.31. The van der Waals surface area contributed by atoms with E-state index in [9.17, 15) is 13.2 Å². The van der Waals surface area contributed by atoms with Crippen molar-refractivity contribution in [2.24, 2.45) is 5.84 Å². The molecule has 0 aliphatic carbocycles. The molecule has 18 heavy (non-hydrogen) atoms. The van der Waals surface area contributed by atoms with E-state index >= 15 is 0 Å². The van der Waals surface area contributed by atoms with E-state index in [4.69, 9.17) is 5.84 Å². The molecule has 0 amide bonds. The first-order chi connectivity index (χ1) is 8.39. The molecule has 0 unspecified atom stereocenters. The molecule has 5 nitrogen and oxygen atoms in total. The molecule has 0 saturated heterocycles. The molecule has 2 aromatic rings. The minimum Gasteiger partial charge on any atom is -0.467 e. The van der Waals surface area contributed by atoms with E-state index in [0.717, 1.165) is 4.88 Å². The van der Waals surface area contributed by atoms with Crippen molar-refractivity contribution >= 4 is 27.5 Å². The minimum absolute atomic E-state index is 0.0153. The lowest BCUT2D eigenvalue weighted by Crippen LogP contribution is -2.20. The van der Waals surface area contributed by atoms with Gasteiger partial charge in [0.2, 0.25) is 11.8 Å². The summed E-state index contributed by atoms with van der Waals surface area (Å²) in [5.41, 5.74) is 2.19. The zero-order valence-electron chi connectivity index (χ0n) is 9.21. The molecule has 2 rings (SSSR count). The van der Waals surface area contributed by atoms with Crippen LogP contribution < -0.4 is 16.0 Å². The van der Waals surface area contributed by atoms with Crippen LogP contribution in [-0.4, -0.2) is 22.8 Å². The van der Waals surface area contributed by atoms with Crippen molar-refractivity contribution in [1.82, 2.24) is 9.97 Å². The lowest BCUT2D eigenvalue weighted by molar-refractivity contribution is -0.153. The summed E-state index contributed by atoms with van der Waals surface area (Å²) in [7, 11) is 0. The zero-order chi connectivity index (χ0) is 13.3. The number of anilines is 1. The van der Waals surface area contributed by atoms with Gasteiger partial charge in [0.1, 0.15) is 4.83 Å². The van der Waals surface area contributed by atoms with E-state index in [0.29, 0.717) is 10.2 Å². The summed E-state index contributed by atoms with van der Waals surface area (Å²) in [6.45, 7) is 0.410. The van der Waals surface area contributed by atoms with Crippen LogP contribution in [0.3, 0.4) is 0 Å². The fourth-order valence-electron chi connectivity index (χ4n) is 1.34. The molecule has 0 aromatic carbocycles. The van der Waals surface area contributed by atoms with Crippen LogP contribution in [0, 0.1) is 6.92 Å². The van der Waals surface area contributed by atoms with Gasteiger partial charge in [-0.2, -0.15) is 18.2 Å². The van der Waals surface area contributed by atoms with Gasteiger partial charge in [0.15, 0.2) is 6.61 Å². The maximum Gasteiger partial charge on any atom is 0.422 e. The number of hydrogen-bond acceptors (Lipinski definition) is 6. The van der Waals surface area contributed by atoms with Gasteiger partial charge >= 0.3 is 6.18 Å². The van der Waals surface area contributed by atoms with Gasteiger partial charge < -0.3 is 4.74 Å². The molecule has 98 valence electrons. The number of aryl methyl sites for hydroxylation is 1. The Morgan fingerprint density at radius 1 is 1.44 bits per heavy atom. The third-order valence-electron chi connectivity index (χ3n) is 1.98. The van der Waals surface area contributed by atoms with Crippen LogP contribution in [0.25, 0.3) is 10.2 Å². The molecule has 0 bridgehead atoms. The van der Waals surface area contributed by atoms with Crippen LogP contribution in [0.5, 0.6) is 5.88 Å². The summed E-state index contributed by atoms with van der Waals surface area (Å²) in [5.74, 6) is 5.04. The van der Waals surface area contributed by atoms with Crippen molar-refractivity contribution in [2.75, 3.05) is 12.0 Å². The van der Waals surface area contributed by atoms with Gasteiger partial charge in [-0.1, -0.05) is 0 Å². The van der Waals surface area contributed by atoms with Gasteiger partial charge in [0.25, 0.3) is 0 Å². The molecule has 2 heterocycles. The van der Waals surface area contributed by atoms with E-state index in [1.807, 2.05) is 6.92 Å². The number of alkyl halides is 3. The van der Waals surface area contributed by atoms with Crippen molar-refractivity contribution in [2.45, 2.75) is 13.1 Å². The van der Waals surface area contributed by atoms with Crippen LogP contribution in [-0.2, 0) is 0 Å². The predicted octanol–water partition coefficient (Wildman–Crippen LogP) is 2.23. The zero-order valence-corrected chi connectivity index (χ0v) is 10.0. The van der Waals surface area contributed by atoms with Crippen LogP contribution in [0.2, 0.25) is 0 Å². The predicted molar refractivity (Wildman–Crippen MR) is 61.5 cm³/mol. The number of thiophene rings is 1. The molecule has 0 aliphatic heterocycles. The number of hydrazine groups is 1. The van der Waals surface area contributed by atoms with Crippen LogP contribution in [0.4, 0.5) is 19.1 Å².